The quantitative estimate of drug-likeness (QED) is 0.248. The summed E-state index contributed by atoms with van der Waals surface area (Å²) in [7, 11) is 2.69. The first-order valence-electron chi connectivity index (χ1n) is 15.0. The molecule has 252 valence electrons. The van der Waals surface area contributed by atoms with Crippen molar-refractivity contribution in [3.8, 4) is 17.6 Å². The summed E-state index contributed by atoms with van der Waals surface area (Å²) in [5.41, 5.74) is -1.49. The van der Waals surface area contributed by atoms with Crippen molar-refractivity contribution < 1.29 is 41.0 Å². The smallest absolute Gasteiger partial charge is 0.406 e. The molecule has 2 saturated heterocycles. The van der Waals surface area contributed by atoms with Crippen LogP contribution in [0.2, 0.25) is 0 Å². The third-order valence-electron chi connectivity index (χ3n) is 8.35. The number of piperidine rings is 1. The van der Waals surface area contributed by atoms with Crippen molar-refractivity contribution in [2.75, 3.05) is 52.3 Å². The Morgan fingerprint density at radius 3 is 2.62 bits per heavy atom. The summed E-state index contributed by atoms with van der Waals surface area (Å²) in [5, 5.41) is 8.04. The van der Waals surface area contributed by atoms with Gasteiger partial charge in [0.1, 0.15) is 29.3 Å². The van der Waals surface area contributed by atoms with E-state index in [1.54, 1.807) is 0 Å². The molecule has 5 rings (SSSR count). The fraction of sp³-hybridized carbons (Fsp3) is 0.469. The van der Waals surface area contributed by atoms with E-state index in [2.05, 4.69) is 32.8 Å². The fourth-order valence-corrected chi connectivity index (χ4v) is 5.95. The predicted octanol–water partition coefficient (Wildman–Crippen LogP) is 3.89. The van der Waals surface area contributed by atoms with Gasteiger partial charge in [0.25, 0.3) is 11.8 Å². The van der Waals surface area contributed by atoms with Gasteiger partial charge in [-0.2, -0.15) is 13.2 Å². The minimum absolute atomic E-state index is 0.0225. The van der Waals surface area contributed by atoms with Crippen molar-refractivity contribution >= 4 is 28.5 Å². The van der Waals surface area contributed by atoms with Crippen molar-refractivity contribution in [1.82, 2.24) is 25.1 Å². The van der Waals surface area contributed by atoms with Crippen LogP contribution in [0.15, 0.2) is 30.6 Å². The van der Waals surface area contributed by atoms with Crippen LogP contribution in [0.1, 0.15) is 46.0 Å². The number of ether oxygens (including phenoxy) is 2. The zero-order chi connectivity index (χ0) is 33.9. The highest BCUT2D eigenvalue weighted by molar-refractivity contribution is 6.05. The first-order valence-corrected chi connectivity index (χ1v) is 15.0. The van der Waals surface area contributed by atoms with Crippen LogP contribution >= 0.6 is 0 Å². The maximum atomic E-state index is 15.9. The van der Waals surface area contributed by atoms with Gasteiger partial charge in [-0.25, -0.2) is 13.8 Å². The van der Waals surface area contributed by atoms with Gasteiger partial charge < -0.3 is 30.0 Å². The Morgan fingerprint density at radius 1 is 1.17 bits per heavy atom. The zero-order valence-electron chi connectivity index (χ0n) is 26.1. The molecular weight excluding hydrogens is 627 g/mol. The van der Waals surface area contributed by atoms with E-state index < -0.39 is 42.1 Å². The Labute approximate surface area is 268 Å². The number of imidazole rings is 1. The average Bonchev–Trinajstić information content (AvgIpc) is 3.70. The average molecular weight is 663 g/mol. The molecule has 3 heterocycles. The Kier molecular flexibility index (Phi) is 9.92. The molecule has 0 aliphatic carbocycles. The lowest BCUT2D eigenvalue weighted by atomic mass is 9.89. The van der Waals surface area contributed by atoms with E-state index in [9.17, 15) is 27.2 Å². The number of halogens is 5. The Balaban J connectivity index is 1.40. The maximum Gasteiger partial charge on any atom is 0.406 e. The van der Waals surface area contributed by atoms with Crippen LogP contribution < -0.4 is 20.7 Å². The van der Waals surface area contributed by atoms with Gasteiger partial charge in [0.05, 0.1) is 55.0 Å². The molecular formula is C32H35F5N6O4. The number of aromatic nitrogens is 2. The Bertz CT molecular complexity index is 1710. The van der Waals surface area contributed by atoms with Crippen LogP contribution in [-0.2, 0) is 11.3 Å². The van der Waals surface area contributed by atoms with Crippen LogP contribution in [0.25, 0.3) is 11.0 Å². The predicted molar refractivity (Wildman–Crippen MR) is 164 cm³/mol. The number of benzene rings is 2. The van der Waals surface area contributed by atoms with Crippen molar-refractivity contribution in [3.63, 3.8) is 0 Å². The standard InChI is InChI=1S/C32H35F5N6O4/c1-31(34)16-42(20-7-10-47-15-20)9-6-27(31)41-30(45)22-11-19(12-25-28(22)40-18-43(25)17-32(35,36)37)5-4-8-39-24-13-21(29(44)38-2)23(33)14-26(24)46-3/h11-14,18,20,27,39H,6-10,15-17H2,1-3H3,(H,38,44)(H,41,45). The molecule has 0 bridgehead atoms. The zero-order valence-corrected chi connectivity index (χ0v) is 26.1. The second-order valence-electron chi connectivity index (χ2n) is 11.7. The van der Waals surface area contributed by atoms with Gasteiger partial charge in [0.15, 0.2) is 0 Å². The van der Waals surface area contributed by atoms with Crippen molar-refractivity contribution in [1.29, 1.82) is 0 Å². The van der Waals surface area contributed by atoms with Gasteiger partial charge >= 0.3 is 6.18 Å². The van der Waals surface area contributed by atoms with E-state index >= 15 is 4.39 Å². The molecule has 2 aliphatic rings. The number of carbonyl (C=O) groups is 2. The van der Waals surface area contributed by atoms with Crippen LogP contribution in [0.5, 0.6) is 5.75 Å². The molecule has 2 aromatic carbocycles. The largest absolute Gasteiger partial charge is 0.494 e. The number of methoxy groups -OCH3 is 1. The molecule has 3 unspecified atom stereocenters. The van der Waals surface area contributed by atoms with Crippen molar-refractivity contribution in [3.05, 3.63) is 53.1 Å². The SMILES string of the molecule is CNC(=O)c1cc(NCC#Cc2cc(C(=O)NC3CCN(C4CCOC4)CC3(C)F)c3ncn(CC(F)(F)F)c3c2)c(OC)cc1F. The number of amides is 2. The first kappa shape index (κ1) is 33.9. The molecule has 47 heavy (non-hydrogen) atoms. The summed E-state index contributed by atoms with van der Waals surface area (Å²) >= 11 is 0. The number of alkyl halides is 4. The number of hydrogen-bond donors (Lipinski definition) is 3. The molecule has 3 N–H and O–H groups in total. The highest BCUT2D eigenvalue weighted by Gasteiger charge is 2.43. The number of carbonyl (C=O) groups excluding carboxylic acids is 2. The number of likely N-dealkylation sites (tertiary alicyclic amines) is 1. The molecule has 2 fully saturated rings. The molecule has 10 nitrogen and oxygen atoms in total. The summed E-state index contributed by atoms with van der Waals surface area (Å²) in [6.45, 7) is 1.85. The summed E-state index contributed by atoms with van der Waals surface area (Å²) in [4.78, 5) is 31.8. The lowest BCUT2D eigenvalue weighted by Gasteiger charge is -2.43. The third-order valence-corrected chi connectivity index (χ3v) is 8.35. The summed E-state index contributed by atoms with van der Waals surface area (Å²) in [6.07, 6.45) is -2.41. The molecule has 0 radical (unpaired) electrons. The molecule has 2 aliphatic heterocycles. The topological polar surface area (TPSA) is 110 Å². The monoisotopic (exact) mass is 662 g/mol. The maximum absolute atomic E-state index is 15.9. The van der Waals surface area contributed by atoms with Crippen molar-refractivity contribution in [2.45, 2.75) is 50.2 Å². The number of nitrogens with one attached hydrogen (secondary N) is 3. The number of hydrogen-bond acceptors (Lipinski definition) is 7. The molecule has 0 saturated carbocycles. The second kappa shape index (κ2) is 13.7. The van der Waals surface area contributed by atoms with Crippen LogP contribution in [0, 0.1) is 17.7 Å². The first-order chi connectivity index (χ1) is 22.3. The van der Waals surface area contributed by atoms with Gasteiger partial charge in [0.2, 0.25) is 0 Å². The number of rotatable bonds is 8. The number of fused-ring (bicyclic) bond motifs is 1. The lowest BCUT2D eigenvalue weighted by molar-refractivity contribution is -0.140. The fourth-order valence-electron chi connectivity index (χ4n) is 5.95. The van der Waals surface area contributed by atoms with Gasteiger partial charge in [-0.1, -0.05) is 11.8 Å². The van der Waals surface area contributed by atoms with Gasteiger partial charge in [-0.3, -0.25) is 14.5 Å². The van der Waals surface area contributed by atoms with Gasteiger partial charge in [0, 0.05) is 44.4 Å². The summed E-state index contributed by atoms with van der Waals surface area (Å²) < 4.78 is 81.8. The molecule has 1 aromatic heterocycles. The van der Waals surface area contributed by atoms with Gasteiger partial charge in [-0.05, 0) is 38.0 Å². The van der Waals surface area contributed by atoms with Gasteiger partial charge in [-0.15, -0.1) is 0 Å². The van der Waals surface area contributed by atoms with E-state index in [1.165, 1.54) is 39.3 Å². The van der Waals surface area contributed by atoms with E-state index in [1.807, 2.05) is 4.90 Å². The molecule has 3 atom stereocenters. The normalized spacial score (nSPS) is 21.6. The van der Waals surface area contributed by atoms with E-state index in [0.29, 0.717) is 26.2 Å². The van der Waals surface area contributed by atoms with E-state index in [4.69, 9.17) is 9.47 Å². The number of nitrogens with zero attached hydrogens (tertiary/aromatic N) is 3. The van der Waals surface area contributed by atoms with Crippen LogP contribution in [-0.4, -0.2) is 97.2 Å². The Morgan fingerprint density at radius 2 is 1.96 bits per heavy atom. The minimum atomic E-state index is -4.56. The molecule has 0 spiro atoms. The Hall–Kier alpha value is -4.42. The molecule has 15 heteroatoms. The minimum Gasteiger partial charge on any atom is -0.494 e. The summed E-state index contributed by atoms with van der Waals surface area (Å²) in [5.74, 6) is 3.67. The highest BCUT2D eigenvalue weighted by atomic mass is 19.4. The highest BCUT2D eigenvalue weighted by Crippen LogP contribution is 2.31. The third kappa shape index (κ3) is 7.77. The van der Waals surface area contributed by atoms with Crippen LogP contribution in [0.4, 0.5) is 27.6 Å². The lowest BCUT2D eigenvalue weighted by Crippen LogP contribution is -2.60. The second-order valence-corrected chi connectivity index (χ2v) is 11.7. The molecule has 2 amide bonds. The van der Waals surface area contributed by atoms with E-state index in [-0.39, 0.29) is 58.3 Å². The molecule has 3 aromatic rings. The van der Waals surface area contributed by atoms with Crippen molar-refractivity contribution in [2.24, 2.45) is 0 Å². The number of anilines is 1. The van der Waals surface area contributed by atoms with Crippen LogP contribution in [0.3, 0.4) is 0 Å². The van der Waals surface area contributed by atoms with E-state index in [0.717, 1.165) is 23.4 Å². The summed E-state index contributed by atoms with van der Waals surface area (Å²) in [6, 6.07) is 4.38.